The fourth-order valence-electron chi connectivity index (χ4n) is 2.04. The Morgan fingerprint density at radius 3 is 2.94 bits per heavy atom. The quantitative estimate of drug-likeness (QED) is 0.576. The zero-order valence-corrected chi connectivity index (χ0v) is 9.18. The van der Waals surface area contributed by atoms with Crippen LogP contribution >= 0.6 is 0 Å². The molecule has 0 amide bonds. The minimum Gasteiger partial charge on any atom is -0.467 e. The Morgan fingerprint density at radius 1 is 1.50 bits per heavy atom. The van der Waals surface area contributed by atoms with Gasteiger partial charge in [-0.25, -0.2) is 4.79 Å². The SMILES string of the molecule is COC(=O)C1CN(C2CCOC2=O)CCO1. The van der Waals surface area contributed by atoms with Crippen LogP contribution in [0, 0.1) is 0 Å². The van der Waals surface area contributed by atoms with E-state index in [4.69, 9.17) is 9.47 Å². The highest BCUT2D eigenvalue weighted by atomic mass is 16.6. The molecule has 0 aliphatic carbocycles. The molecule has 0 radical (unpaired) electrons. The van der Waals surface area contributed by atoms with Gasteiger partial charge in [0.15, 0.2) is 6.10 Å². The van der Waals surface area contributed by atoms with E-state index in [0.717, 1.165) is 0 Å². The number of hydrogen-bond donors (Lipinski definition) is 0. The van der Waals surface area contributed by atoms with Gasteiger partial charge in [0, 0.05) is 19.5 Å². The number of morpholine rings is 1. The molecule has 2 saturated heterocycles. The molecule has 0 spiro atoms. The molecule has 90 valence electrons. The average Bonchev–Trinajstić information content (AvgIpc) is 2.74. The lowest BCUT2D eigenvalue weighted by atomic mass is 10.1. The number of hydrogen-bond acceptors (Lipinski definition) is 6. The van der Waals surface area contributed by atoms with Crippen molar-refractivity contribution < 1.29 is 23.8 Å². The van der Waals surface area contributed by atoms with Gasteiger partial charge in [-0.3, -0.25) is 9.69 Å². The summed E-state index contributed by atoms with van der Waals surface area (Å²) in [5.74, 6) is -0.596. The highest BCUT2D eigenvalue weighted by molar-refractivity contribution is 5.78. The molecule has 6 heteroatoms. The summed E-state index contributed by atoms with van der Waals surface area (Å²) in [6.07, 6.45) is 0.0966. The van der Waals surface area contributed by atoms with Crippen LogP contribution in [0.1, 0.15) is 6.42 Å². The first-order valence-corrected chi connectivity index (χ1v) is 5.32. The fourth-order valence-corrected chi connectivity index (χ4v) is 2.04. The van der Waals surface area contributed by atoms with Crippen molar-refractivity contribution in [1.82, 2.24) is 4.90 Å². The second-order valence-corrected chi connectivity index (χ2v) is 3.85. The number of nitrogens with zero attached hydrogens (tertiary/aromatic N) is 1. The summed E-state index contributed by atoms with van der Waals surface area (Å²) in [4.78, 5) is 24.6. The van der Waals surface area contributed by atoms with E-state index in [-0.39, 0.29) is 12.0 Å². The fraction of sp³-hybridized carbons (Fsp3) is 0.800. The van der Waals surface area contributed by atoms with E-state index >= 15 is 0 Å². The summed E-state index contributed by atoms with van der Waals surface area (Å²) in [6, 6.07) is -0.226. The van der Waals surface area contributed by atoms with Crippen LogP contribution in [0.3, 0.4) is 0 Å². The zero-order valence-electron chi connectivity index (χ0n) is 9.18. The molecule has 0 bridgehead atoms. The van der Waals surface area contributed by atoms with Crippen LogP contribution in [0.2, 0.25) is 0 Å². The van der Waals surface area contributed by atoms with E-state index in [2.05, 4.69) is 4.74 Å². The Bertz CT molecular complexity index is 293. The molecule has 0 aromatic heterocycles. The maximum atomic E-state index is 11.4. The van der Waals surface area contributed by atoms with Crippen molar-refractivity contribution in [2.24, 2.45) is 0 Å². The van der Waals surface area contributed by atoms with Crippen LogP contribution < -0.4 is 0 Å². The van der Waals surface area contributed by atoms with Crippen LogP contribution in [0.4, 0.5) is 0 Å². The van der Waals surface area contributed by atoms with Crippen molar-refractivity contribution >= 4 is 11.9 Å². The molecule has 6 nitrogen and oxygen atoms in total. The Hall–Kier alpha value is -1.14. The van der Waals surface area contributed by atoms with E-state index < -0.39 is 12.1 Å². The zero-order chi connectivity index (χ0) is 11.5. The number of carbonyl (C=O) groups excluding carboxylic acids is 2. The Kier molecular flexibility index (Phi) is 3.40. The molecular formula is C10H15NO5. The van der Waals surface area contributed by atoms with Crippen LogP contribution in [0.5, 0.6) is 0 Å². The second-order valence-electron chi connectivity index (χ2n) is 3.85. The van der Waals surface area contributed by atoms with E-state index in [1.807, 2.05) is 4.90 Å². The van der Waals surface area contributed by atoms with Crippen molar-refractivity contribution in [2.75, 3.05) is 33.4 Å². The summed E-state index contributed by atoms with van der Waals surface area (Å²) in [7, 11) is 1.33. The number of carbonyl (C=O) groups is 2. The van der Waals surface area contributed by atoms with Gasteiger partial charge in [-0.15, -0.1) is 0 Å². The van der Waals surface area contributed by atoms with Gasteiger partial charge >= 0.3 is 11.9 Å². The minimum atomic E-state index is -0.591. The lowest BCUT2D eigenvalue weighted by Crippen LogP contribution is -2.51. The molecule has 2 heterocycles. The van der Waals surface area contributed by atoms with Gasteiger partial charge in [0.2, 0.25) is 0 Å². The molecule has 2 aliphatic heterocycles. The molecule has 2 unspecified atom stereocenters. The summed E-state index contributed by atoms with van der Waals surface area (Å²) in [5.41, 5.74) is 0. The monoisotopic (exact) mass is 229 g/mol. The molecule has 2 aliphatic rings. The largest absolute Gasteiger partial charge is 0.467 e. The molecular weight excluding hydrogens is 214 g/mol. The molecule has 2 fully saturated rings. The van der Waals surface area contributed by atoms with Gasteiger partial charge in [0.1, 0.15) is 6.04 Å². The molecule has 2 rings (SSSR count). The molecule has 0 N–H and O–H groups in total. The highest BCUT2D eigenvalue weighted by Gasteiger charge is 2.37. The Labute approximate surface area is 93.4 Å². The lowest BCUT2D eigenvalue weighted by molar-refractivity contribution is -0.163. The first-order valence-electron chi connectivity index (χ1n) is 5.32. The van der Waals surface area contributed by atoms with Crippen molar-refractivity contribution in [1.29, 1.82) is 0 Å². The first kappa shape index (κ1) is 11.3. The first-order chi connectivity index (χ1) is 7.72. The van der Waals surface area contributed by atoms with Crippen molar-refractivity contribution in [3.8, 4) is 0 Å². The van der Waals surface area contributed by atoms with E-state index in [0.29, 0.717) is 32.7 Å². The summed E-state index contributed by atoms with van der Waals surface area (Å²) >= 11 is 0. The topological polar surface area (TPSA) is 65.1 Å². The molecule has 0 saturated carbocycles. The summed E-state index contributed by atoms with van der Waals surface area (Å²) < 4.78 is 14.8. The average molecular weight is 229 g/mol. The van der Waals surface area contributed by atoms with Crippen molar-refractivity contribution in [3.63, 3.8) is 0 Å². The lowest BCUT2D eigenvalue weighted by Gasteiger charge is -2.33. The smallest absolute Gasteiger partial charge is 0.336 e. The predicted molar refractivity (Wildman–Crippen MR) is 52.7 cm³/mol. The van der Waals surface area contributed by atoms with Gasteiger partial charge in [0.05, 0.1) is 20.3 Å². The van der Waals surface area contributed by atoms with E-state index in [1.165, 1.54) is 7.11 Å². The third-order valence-corrected chi connectivity index (χ3v) is 2.91. The molecule has 0 aromatic carbocycles. The highest BCUT2D eigenvalue weighted by Crippen LogP contribution is 2.17. The second kappa shape index (κ2) is 4.80. The maximum absolute atomic E-state index is 11.4. The maximum Gasteiger partial charge on any atom is 0.336 e. The Morgan fingerprint density at radius 2 is 2.31 bits per heavy atom. The van der Waals surface area contributed by atoms with Crippen molar-refractivity contribution in [3.05, 3.63) is 0 Å². The number of methoxy groups -OCH3 is 1. The molecule has 0 aromatic rings. The van der Waals surface area contributed by atoms with Crippen LogP contribution in [-0.4, -0.2) is 62.4 Å². The standard InChI is InChI=1S/C10H15NO5/c1-14-10(13)8-6-11(3-5-15-8)7-2-4-16-9(7)12/h7-8H,2-6H2,1H3. The van der Waals surface area contributed by atoms with E-state index in [1.54, 1.807) is 0 Å². The van der Waals surface area contributed by atoms with Crippen LogP contribution in [0.15, 0.2) is 0 Å². The molecule has 2 atom stereocenters. The minimum absolute atomic E-state index is 0.203. The van der Waals surface area contributed by atoms with E-state index in [9.17, 15) is 9.59 Å². The number of esters is 2. The predicted octanol–water partition coefficient (Wildman–Crippen LogP) is -0.824. The summed E-state index contributed by atoms with van der Waals surface area (Å²) in [6.45, 7) is 1.94. The Balaban J connectivity index is 1.96. The van der Waals surface area contributed by atoms with Gasteiger partial charge in [-0.05, 0) is 0 Å². The third kappa shape index (κ3) is 2.17. The third-order valence-electron chi connectivity index (χ3n) is 2.91. The van der Waals surface area contributed by atoms with Gasteiger partial charge in [-0.1, -0.05) is 0 Å². The number of ether oxygens (including phenoxy) is 3. The molecule has 16 heavy (non-hydrogen) atoms. The van der Waals surface area contributed by atoms with Gasteiger partial charge in [0.25, 0.3) is 0 Å². The van der Waals surface area contributed by atoms with Crippen LogP contribution in [0.25, 0.3) is 0 Å². The normalized spacial score (nSPS) is 31.2. The summed E-state index contributed by atoms with van der Waals surface area (Å²) in [5, 5.41) is 0. The van der Waals surface area contributed by atoms with Crippen LogP contribution in [-0.2, 0) is 23.8 Å². The number of rotatable bonds is 2. The van der Waals surface area contributed by atoms with Gasteiger partial charge in [-0.2, -0.15) is 0 Å². The van der Waals surface area contributed by atoms with Crippen molar-refractivity contribution in [2.45, 2.75) is 18.6 Å². The van der Waals surface area contributed by atoms with Gasteiger partial charge < -0.3 is 14.2 Å². The number of cyclic esters (lactones) is 1.